The average Bonchev–Trinajstić information content (AvgIpc) is 2.42. The van der Waals surface area contributed by atoms with Crippen molar-refractivity contribution in [1.82, 2.24) is 10.4 Å². The van der Waals surface area contributed by atoms with Gasteiger partial charge in [0.25, 0.3) is 0 Å². The van der Waals surface area contributed by atoms with Crippen molar-refractivity contribution in [2.24, 2.45) is 5.84 Å². The Bertz CT molecular complexity index is 487. The molecule has 0 aliphatic heterocycles. The summed E-state index contributed by atoms with van der Waals surface area (Å²) in [7, 11) is 0. The first-order chi connectivity index (χ1) is 8.85. The first kappa shape index (κ1) is 12.5. The molecule has 2 aromatic rings. The minimum atomic E-state index is -0.0842. The molecule has 1 atom stereocenters. The number of nitrogens with two attached hydrogens (primary N) is 1. The molecule has 3 N–H and O–H groups in total. The fourth-order valence-electron chi connectivity index (χ4n) is 1.87. The summed E-state index contributed by atoms with van der Waals surface area (Å²) in [6.07, 6.45) is 3.49. The van der Waals surface area contributed by atoms with Gasteiger partial charge in [-0.25, -0.2) is 5.43 Å². The summed E-state index contributed by atoms with van der Waals surface area (Å²) in [5, 5.41) is 0. The van der Waals surface area contributed by atoms with Crippen molar-refractivity contribution in [2.45, 2.75) is 13.0 Å². The molecule has 1 aromatic carbocycles. The second-order valence-corrected chi connectivity index (χ2v) is 3.90. The van der Waals surface area contributed by atoms with Gasteiger partial charge in [0.15, 0.2) is 0 Å². The lowest BCUT2D eigenvalue weighted by atomic mass is 10.0. The molecule has 1 aromatic heterocycles. The van der Waals surface area contributed by atoms with Gasteiger partial charge in [-0.05, 0) is 24.1 Å². The maximum atomic E-state index is 5.64. The van der Waals surface area contributed by atoms with Gasteiger partial charge in [0.2, 0.25) is 0 Å². The Hall–Kier alpha value is -1.91. The average molecular weight is 243 g/mol. The highest BCUT2D eigenvalue weighted by molar-refractivity contribution is 5.33. The number of hydrogen-bond acceptors (Lipinski definition) is 4. The van der Waals surface area contributed by atoms with Crippen LogP contribution in [-0.2, 0) is 0 Å². The third kappa shape index (κ3) is 2.85. The van der Waals surface area contributed by atoms with Crippen LogP contribution in [0.2, 0.25) is 0 Å². The fourth-order valence-corrected chi connectivity index (χ4v) is 1.87. The molecule has 4 nitrogen and oxygen atoms in total. The Balaban J connectivity index is 2.30. The summed E-state index contributed by atoms with van der Waals surface area (Å²) in [6.45, 7) is 2.57. The quantitative estimate of drug-likeness (QED) is 0.623. The van der Waals surface area contributed by atoms with Crippen LogP contribution in [0.15, 0.2) is 48.8 Å². The van der Waals surface area contributed by atoms with Gasteiger partial charge in [-0.2, -0.15) is 0 Å². The van der Waals surface area contributed by atoms with Gasteiger partial charge in [-0.15, -0.1) is 0 Å². The molecule has 0 fully saturated rings. The predicted molar refractivity (Wildman–Crippen MR) is 71.0 cm³/mol. The molecule has 0 aliphatic rings. The van der Waals surface area contributed by atoms with Gasteiger partial charge in [0.05, 0.1) is 18.8 Å². The van der Waals surface area contributed by atoms with Crippen molar-refractivity contribution in [3.63, 3.8) is 0 Å². The van der Waals surface area contributed by atoms with Crippen LogP contribution in [0.5, 0.6) is 5.75 Å². The molecule has 2 rings (SSSR count). The van der Waals surface area contributed by atoms with Crippen LogP contribution in [0.1, 0.15) is 24.1 Å². The van der Waals surface area contributed by atoms with Crippen molar-refractivity contribution in [3.8, 4) is 5.75 Å². The molecule has 0 radical (unpaired) electrons. The molecule has 0 aliphatic carbocycles. The molecule has 0 amide bonds. The second kappa shape index (κ2) is 6.14. The van der Waals surface area contributed by atoms with E-state index in [0.29, 0.717) is 6.61 Å². The smallest absolute Gasteiger partial charge is 0.137 e. The second-order valence-electron chi connectivity index (χ2n) is 3.90. The number of nitrogens with zero attached hydrogens (tertiary/aromatic N) is 1. The third-order valence-corrected chi connectivity index (χ3v) is 2.68. The lowest BCUT2D eigenvalue weighted by Gasteiger charge is -2.17. The van der Waals surface area contributed by atoms with Crippen LogP contribution in [0, 0.1) is 0 Å². The monoisotopic (exact) mass is 243 g/mol. The van der Waals surface area contributed by atoms with Crippen molar-refractivity contribution in [3.05, 3.63) is 59.9 Å². The van der Waals surface area contributed by atoms with Gasteiger partial charge in [-0.1, -0.05) is 30.3 Å². The molecular weight excluding hydrogens is 226 g/mol. The van der Waals surface area contributed by atoms with Crippen molar-refractivity contribution < 1.29 is 4.74 Å². The van der Waals surface area contributed by atoms with Crippen LogP contribution >= 0.6 is 0 Å². The van der Waals surface area contributed by atoms with E-state index < -0.39 is 0 Å². The number of rotatable bonds is 5. The van der Waals surface area contributed by atoms with Crippen molar-refractivity contribution in [1.29, 1.82) is 0 Å². The third-order valence-electron chi connectivity index (χ3n) is 2.68. The molecular formula is C14H17N3O. The molecule has 0 bridgehead atoms. The summed E-state index contributed by atoms with van der Waals surface area (Å²) in [5.74, 6) is 6.40. The summed E-state index contributed by atoms with van der Waals surface area (Å²) in [5.41, 5.74) is 4.88. The number of hydrazine groups is 1. The van der Waals surface area contributed by atoms with Crippen LogP contribution in [0.3, 0.4) is 0 Å². The Morgan fingerprint density at radius 2 is 2.00 bits per heavy atom. The summed E-state index contributed by atoms with van der Waals surface area (Å²) in [6, 6.07) is 11.9. The number of nitrogens with one attached hydrogen (secondary N) is 1. The minimum absolute atomic E-state index is 0.0842. The maximum Gasteiger partial charge on any atom is 0.137 e. The van der Waals surface area contributed by atoms with E-state index in [1.165, 1.54) is 0 Å². The van der Waals surface area contributed by atoms with Gasteiger partial charge >= 0.3 is 0 Å². The van der Waals surface area contributed by atoms with E-state index >= 15 is 0 Å². The highest BCUT2D eigenvalue weighted by atomic mass is 16.5. The topological polar surface area (TPSA) is 60.2 Å². The number of benzene rings is 1. The Labute approximate surface area is 107 Å². The van der Waals surface area contributed by atoms with E-state index in [2.05, 4.69) is 10.4 Å². The normalized spacial score (nSPS) is 12.1. The summed E-state index contributed by atoms with van der Waals surface area (Å²) < 4.78 is 5.45. The SMILES string of the molecule is CCOc1cncc(C(NN)c2ccccc2)c1. The summed E-state index contributed by atoms with van der Waals surface area (Å²) in [4.78, 5) is 4.18. The van der Waals surface area contributed by atoms with E-state index in [1.54, 1.807) is 12.4 Å². The van der Waals surface area contributed by atoms with Crippen LogP contribution < -0.4 is 16.0 Å². The number of ether oxygens (including phenoxy) is 1. The molecule has 0 saturated heterocycles. The van der Waals surface area contributed by atoms with E-state index in [9.17, 15) is 0 Å². The number of aromatic nitrogens is 1. The van der Waals surface area contributed by atoms with Crippen molar-refractivity contribution >= 4 is 0 Å². The number of pyridine rings is 1. The Kier molecular flexibility index (Phi) is 4.28. The first-order valence-corrected chi connectivity index (χ1v) is 5.94. The highest BCUT2D eigenvalue weighted by Crippen LogP contribution is 2.23. The molecule has 0 saturated carbocycles. The van der Waals surface area contributed by atoms with Crippen molar-refractivity contribution in [2.75, 3.05) is 6.61 Å². The van der Waals surface area contributed by atoms with E-state index in [-0.39, 0.29) is 6.04 Å². The van der Waals surface area contributed by atoms with Gasteiger partial charge in [0, 0.05) is 6.20 Å². The van der Waals surface area contributed by atoms with Gasteiger partial charge in [0.1, 0.15) is 5.75 Å². The van der Waals surface area contributed by atoms with Gasteiger partial charge in [-0.3, -0.25) is 10.8 Å². The van der Waals surface area contributed by atoms with Gasteiger partial charge < -0.3 is 4.74 Å². The Morgan fingerprint density at radius 1 is 1.22 bits per heavy atom. The zero-order chi connectivity index (χ0) is 12.8. The lowest BCUT2D eigenvalue weighted by molar-refractivity contribution is 0.338. The molecule has 94 valence electrons. The molecule has 1 unspecified atom stereocenters. The van der Waals surface area contributed by atoms with E-state index in [0.717, 1.165) is 16.9 Å². The largest absolute Gasteiger partial charge is 0.492 e. The fraction of sp³-hybridized carbons (Fsp3) is 0.214. The standard InChI is InChI=1S/C14H17N3O/c1-2-18-13-8-12(9-16-10-13)14(17-15)11-6-4-3-5-7-11/h3-10,14,17H,2,15H2,1H3. The predicted octanol–water partition coefficient (Wildman–Crippen LogP) is 2.03. The zero-order valence-corrected chi connectivity index (χ0v) is 10.3. The molecule has 0 spiro atoms. The molecule has 18 heavy (non-hydrogen) atoms. The van der Waals surface area contributed by atoms with Crippen LogP contribution in [0.4, 0.5) is 0 Å². The molecule has 4 heteroatoms. The highest BCUT2D eigenvalue weighted by Gasteiger charge is 2.12. The summed E-state index contributed by atoms with van der Waals surface area (Å²) >= 11 is 0. The van der Waals surface area contributed by atoms with E-state index in [1.807, 2.05) is 43.3 Å². The molecule has 1 heterocycles. The van der Waals surface area contributed by atoms with Crippen LogP contribution in [-0.4, -0.2) is 11.6 Å². The van der Waals surface area contributed by atoms with E-state index in [4.69, 9.17) is 10.6 Å². The zero-order valence-electron chi connectivity index (χ0n) is 10.3. The number of hydrogen-bond donors (Lipinski definition) is 2. The Morgan fingerprint density at radius 3 is 2.67 bits per heavy atom. The lowest BCUT2D eigenvalue weighted by Crippen LogP contribution is -2.28. The minimum Gasteiger partial charge on any atom is -0.492 e. The van der Waals surface area contributed by atoms with Crippen LogP contribution in [0.25, 0.3) is 0 Å². The maximum absolute atomic E-state index is 5.64. The first-order valence-electron chi connectivity index (χ1n) is 5.94.